The molecule has 0 amide bonds. The van der Waals surface area contributed by atoms with E-state index in [-0.39, 0.29) is 12.3 Å². The number of ketones is 1. The van der Waals surface area contributed by atoms with Gasteiger partial charge in [0.25, 0.3) is 0 Å². The summed E-state index contributed by atoms with van der Waals surface area (Å²) in [6.45, 7) is 4.01. The van der Waals surface area contributed by atoms with Crippen LogP contribution in [0.25, 0.3) is 16.3 Å². The fourth-order valence-electron chi connectivity index (χ4n) is 2.65. The number of pyridine rings is 1. The predicted octanol–water partition coefficient (Wildman–Crippen LogP) is 3.55. The number of carbonyl (C=O) groups excluding carboxylic acids is 1. The van der Waals surface area contributed by atoms with Gasteiger partial charge in [0.05, 0.1) is 5.39 Å². The first-order valence-electron chi connectivity index (χ1n) is 7.29. The summed E-state index contributed by atoms with van der Waals surface area (Å²) in [5.41, 5.74) is 1.69. The van der Waals surface area contributed by atoms with Crippen LogP contribution in [0.4, 0.5) is 0 Å². The van der Waals surface area contributed by atoms with Crippen LogP contribution in [0.3, 0.4) is 0 Å². The standard InChI is InChI=1S/C20H15N2O/c1-15(13-21)20-18-10-6-5-7-16(18)11-12-22(20)14-19(23)17-8-3-2-4-9-17/h2-12H,1,14H2/q+1. The molecule has 0 aliphatic carbocycles. The van der Waals surface area contributed by atoms with Gasteiger partial charge in [-0.15, -0.1) is 0 Å². The molecular formula is C20H15N2O+. The van der Waals surface area contributed by atoms with Crippen molar-refractivity contribution in [3.05, 3.63) is 84.7 Å². The Labute approximate surface area is 134 Å². The Morgan fingerprint density at radius 3 is 2.48 bits per heavy atom. The number of Topliss-reactive ketones (excluding diaryl/α,β-unsaturated/α-hetero) is 1. The third-order valence-electron chi connectivity index (χ3n) is 3.77. The largest absolute Gasteiger partial charge is 0.287 e. The van der Waals surface area contributed by atoms with Gasteiger partial charge < -0.3 is 0 Å². The van der Waals surface area contributed by atoms with E-state index in [1.807, 2.05) is 54.7 Å². The first-order valence-corrected chi connectivity index (χ1v) is 7.29. The van der Waals surface area contributed by atoms with Crippen molar-refractivity contribution in [3.63, 3.8) is 0 Å². The molecule has 0 spiro atoms. The Morgan fingerprint density at radius 2 is 1.74 bits per heavy atom. The van der Waals surface area contributed by atoms with Crippen LogP contribution in [0.2, 0.25) is 0 Å². The molecule has 1 aromatic heterocycles. The molecule has 23 heavy (non-hydrogen) atoms. The summed E-state index contributed by atoms with van der Waals surface area (Å²) < 4.78 is 1.79. The number of carbonyl (C=O) groups is 1. The number of nitriles is 1. The monoisotopic (exact) mass is 299 g/mol. The fourth-order valence-corrected chi connectivity index (χ4v) is 2.65. The van der Waals surface area contributed by atoms with Crippen LogP contribution in [-0.4, -0.2) is 5.78 Å². The van der Waals surface area contributed by atoms with E-state index in [2.05, 4.69) is 12.6 Å². The van der Waals surface area contributed by atoms with Crippen molar-refractivity contribution in [2.45, 2.75) is 6.54 Å². The van der Waals surface area contributed by atoms with E-state index >= 15 is 0 Å². The van der Waals surface area contributed by atoms with E-state index in [4.69, 9.17) is 0 Å². The normalized spacial score (nSPS) is 10.2. The third-order valence-corrected chi connectivity index (χ3v) is 3.77. The highest BCUT2D eigenvalue weighted by molar-refractivity contribution is 5.96. The Balaban J connectivity index is 2.09. The van der Waals surface area contributed by atoms with Gasteiger partial charge in [0.1, 0.15) is 11.6 Å². The van der Waals surface area contributed by atoms with Crippen molar-refractivity contribution >= 4 is 22.1 Å². The van der Waals surface area contributed by atoms with Gasteiger partial charge >= 0.3 is 0 Å². The fraction of sp³-hybridized carbons (Fsp3) is 0.0500. The van der Waals surface area contributed by atoms with E-state index in [0.29, 0.717) is 16.8 Å². The topological polar surface area (TPSA) is 44.7 Å². The highest BCUT2D eigenvalue weighted by atomic mass is 16.1. The molecule has 110 valence electrons. The van der Waals surface area contributed by atoms with Crippen molar-refractivity contribution in [3.8, 4) is 6.07 Å². The smallest absolute Gasteiger partial charge is 0.230 e. The minimum atomic E-state index is -0.00197. The Bertz CT molecular complexity index is 937. The highest BCUT2D eigenvalue weighted by Crippen LogP contribution is 2.20. The van der Waals surface area contributed by atoms with E-state index < -0.39 is 0 Å². The first-order chi connectivity index (χ1) is 11.2. The van der Waals surface area contributed by atoms with Crippen LogP contribution in [0.1, 0.15) is 16.1 Å². The lowest BCUT2D eigenvalue weighted by atomic mass is 10.0. The second-order valence-corrected chi connectivity index (χ2v) is 5.26. The molecule has 2 aromatic carbocycles. The SMILES string of the molecule is C=C(C#N)c1c2ccccc2cc[n+]1CC(=O)c1ccccc1. The lowest BCUT2D eigenvalue weighted by Crippen LogP contribution is -2.41. The zero-order chi connectivity index (χ0) is 16.2. The summed E-state index contributed by atoms with van der Waals surface area (Å²) >= 11 is 0. The molecule has 3 heteroatoms. The second-order valence-electron chi connectivity index (χ2n) is 5.26. The maximum Gasteiger partial charge on any atom is 0.230 e. The highest BCUT2D eigenvalue weighted by Gasteiger charge is 2.21. The molecule has 0 unspecified atom stereocenters. The van der Waals surface area contributed by atoms with Crippen LogP contribution in [-0.2, 0) is 6.54 Å². The van der Waals surface area contributed by atoms with E-state index in [0.717, 1.165) is 10.8 Å². The second kappa shape index (κ2) is 6.25. The van der Waals surface area contributed by atoms with Gasteiger partial charge in [-0.2, -0.15) is 9.83 Å². The van der Waals surface area contributed by atoms with Crippen LogP contribution in [0.5, 0.6) is 0 Å². The minimum absolute atomic E-state index is 0.00197. The number of hydrogen-bond donors (Lipinski definition) is 0. The van der Waals surface area contributed by atoms with Crippen LogP contribution in [0, 0.1) is 11.3 Å². The van der Waals surface area contributed by atoms with E-state index in [1.165, 1.54) is 0 Å². The van der Waals surface area contributed by atoms with Crippen LogP contribution < -0.4 is 4.57 Å². The van der Waals surface area contributed by atoms with Crippen molar-refractivity contribution in [1.82, 2.24) is 0 Å². The van der Waals surface area contributed by atoms with E-state index in [9.17, 15) is 10.1 Å². The summed E-state index contributed by atoms with van der Waals surface area (Å²) in [5.74, 6) is -0.00197. The van der Waals surface area contributed by atoms with Gasteiger partial charge in [0.15, 0.2) is 6.20 Å². The van der Waals surface area contributed by atoms with Gasteiger partial charge in [-0.05, 0) is 11.5 Å². The molecule has 0 fully saturated rings. The number of hydrogen-bond acceptors (Lipinski definition) is 2. The molecule has 0 aliphatic rings. The average molecular weight is 299 g/mol. The molecule has 0 saturated heterocycles. The third kappa shape index (κ3) is 2.88. The predicted molar refractivity (Wildman–Crippen MR) is 89.6 cm³/mol. The zero-order valence-corrected chi connectivity index (χ0v) is 12.6. The molecule has 3 aromatic rings. The molecule has 0 saturated carbocycles. The molecule has 1 heterocycles. The number of nitrogens with zero attached hydrogens (tertiary/aromatic N) is 2. The van der Waals surface area contributed by atoms with Crippen LogP contribution in [0.15, 0.2) is 73.4 Å². The Hall–Kier alpha value is -3.25. The number of benzene rings is 2. The van der Waals surface area contributed by atoms with Crippen molar-refractivity contribution < 1.29 is 9.36 Å². The zero-order valence-electron chi connectivity index (χ0n) is 12.6. The quantitative estimate of drug-likeness (QED) is 0.420. The molecule has 3 rings (SSSR count). The Kier molecular flexibility index (Phi) is 3.99. The van der Waals surface area contributed by atoms with E-state index in [1.54, 1.807) is 16.7 Å². The molecule has 0 aliphatic heterocycles. The molecule has 0 radical (unpaired) electrons. The molecule has 0 bridgehead atoms. The lowest BCUT2D eigenvalue weighted by Gasteiger charge is -2.06. The summed E-state index contributed by atoms with van der Waals surface area (Å²) in [4.78, 5) is 12.5. The number of rotatable bonds is 4. The maximum absolute atomic E-state index is 12.5. The summed E-state index contributed by atoms with van der Waals surface area (Å²) in [6.07, 6.45) is 1.83. The maximum atomic E-state index is 12.5. The number of allylic oxidation sites excluding steroid dienone is 1. The number of fused-ring (bicyclic) bond motifs is 1. The van der Waals surface area contributed by atoms with Gasteiger partial charge in [-0.1, -0.05) is 55.1 Å². The summed E-state index contributed by atoms with van der Waals surface area (Å²) in [6, 6.07) is 21.0. The summed E-state index contributed by atoms with van der Waals surface area (Å²) in [5, 5.41) is 11.2. The lowest BCUT2D eigenvalue weighted by molar-refractivity contribution is -0.683. The van der Waals surface area contributed by atoms with Crippen molar-refractivity contribution in [2.24, 2.45) is 0 Å². The molecular weight excluding hydrogens is 284 g/mol. The van der Waals surface area contributed by atoms with Crippen molar-refractivity contribution in [2.75, 3.05) is 0 Å². The summed E-state index contributed by atoms with van der Waals surface area (Å²) in [7, 11) is 0. The van der Waals surface area contributed by atoms with Gasteiger partial charge in [-0.3, -0.25) is 4.79 Å². The molecule has 0 N–H and O–H groups in total. The molecule has 3 nitrogen and oxygen atoms in total. The first kappa shape index (κ1) is 14.7. The van der Waals surface area contributed by atoms with Gasteiger partial charge in [-0.25, -0.2) is 0 Å². The van der Waals surface area contributed by atoms with Crippen LogP contribution >= 0.6 is 0 Å². The van der Waals surface area contributed by atoms with Crippen molar-refractivity contribution in [1.29, 1.82) is 5.26 Å². The molecule has 0 atom stereocenters. The Morgan fingerprint density at radius 1 is 1.04 bits per heavy atom. The number of aromatic nitrogens is 1. The van der Waals surface area contributed by atoms with Gasteiger partial charge in [0, 0.05) is 11.6 Å². The minimum Gasteiger partial charge on any atom is -0.287 e. The average Bonchev–Trinajstić information content (AvgIpc) is 2.61. The van der Waals surface area contributed by atoms with Gasteiger partial charge in [0.2, 0.25) is 18.0 Å².